The van der Waals surface area contributed by atoms with Gasteiger partial charge in [0.15, 0.2) is 0 Å². The molecule has 28 heavy (non-hydrogen) atoms. The largest absolute Gasteiger partial charge is 0.472 e. The van der Waals surface area contributed by atoms with Crippen LogP contribution in [0.3, 0.4) is 0 Å². The van der Waals surface area contributed by atoms with Crippen LogP contribution >= 0.6 is 0 Å². The molecule has 2 N–H and O–H groups in total. The molecule has 1 amide bonds. The highest BCUT2D eigenvalue weighted by molar-refractivity contribution is 7.92. The first-order chi connectivity index (χ1) is 13.0. The van der Waals surface area contributed by atoms with E-state index < -0.39 is 27.9 Å². The Hall–Kier alpha value is -2.80. The molecular weight excluding hydrogens is 406 g/mol. The summed E-state index contributed by atoms with van der Waals surface area (Å²) in [6, 6.07) is 3.69. The summed E-state index contributed by atoms with van der Waals surface area (Å²) in [7, 11) is -3.76. The van der Waals surface area contributed by atoms with Crippen LogP contribution in [0.4, 0.5) is 23.2 Å². The van der Waals surface area contributed by atoms with Crippen molar-refractivity contribution in [2.45, 2.75) is 19.3 Å². The fourth-order valence-corrected chi connectivity index (χ4v) is 2.95. The van der Waals surface area contributed by atoms with Crippen LogP contribution in [-0.2, 0) is 27.9 Å². The van der Waals surface area contributed by atoms with E-state index in [1.807, 2.05) is 5.43 Å². The molecule has 0 aliphatic carbocycles. The van der Waals surface area contributed by atoms with E-state index >= 15 is 0 Å². The summed E-state index contributed by atoms with van der Waals surface area (Å²) in [6.45, 7) is -0.613. The minimum absolute atomic E-state index is 0.0253. The highest BCUT2D eigenvalue weighted by Gasteiger charge is 2.38. The van der Waals surface area contributed by atoms with Crippen LogP contribution in [0.15, 0.2) is 36.9 Å². The molecule has 1 aromatic carbocycles. The van der Waals surface area contributed by atoms with Crippen LogP contribution in [0.2, 0.25) is 0 Å². The van der Waals surface area contributed by atoms with E-state index in [4.69, 9.17) is 0 Å². The van der Waals surface area contributed by atoms with E-state index in [1.165, 1.54) is 36.3 Å². The lowest BCUT2D eigenvalue weighted by atomic mass is 10.1. The predicted octanol–water partition coefficient (Wildman–Crippen LogP) is 1.26. The number of nitrogens with one attached hydrogen (secondary N) is 2. The monoisotopic (exact) mass is 421 g/mol. The summed E-state index contributed by atoms with van der Waals surface area (Å²) in [5, 5.41) is 0. The van der Waals surface area contributed by atoms with E-state index in [9.17, 15) is 30.8 Å². The van der Waals surface area contributed by atoms with Gasteiger partial charge < -0.3 is 0 Å². The first-order valence-electron chi connectivity index (χ1n) is 7.58. The minimum atomic E-state index is -5.04. The number of halogens is 4. The van der Waals surface area contributed by atoms with Gasteiger partial charge in [0.1, 0.15) is 12.1 Å². The fourth-order valence-electron chi connectivity index (χ4n) is 2.10. The molecule has 0 atom stereocenters. The Labute approximate surface area is 157 Å². The number of amides is 1. The van der Waals surface area contributed by atoms with Crippen LogP contribution in [0.1, 0.15) is 11.1 Å². The quantitative estimate of drug-likeness (QED) is 0.515. The van der Waals surface area contributed by atoms with E-state index in [0.717, 1.165) is 16.6 Å². The molecule has 0 fully saturated rings. The maximum Gasteiger partial charge on any atom is 0.472 e. The fraction of sp³-hybridized carbons (Fsp3) is 0.267. The third kappa shape index (κ3) is 5.85. The Bertz CT molecular complexity index is 938. The predicted molar refractivity (Wildman–Crippen MR) is 90.5 cm³/mol. The number of sulfonamides is 1. The van der Waals surface area contributed by atoms with Gasteiger partial charge in [-0.1, -0.05) is 12.1 Å². The van der Waals surface area contributed by atoms with Crippen molar-refractivity contribution in [3.05, 3.63) is 53.9 Å². The van der Waals surface area contributed by atoms with Crippen LogP contribution in [-0.4, -0.2) is 36.7 Å². The second-order valence-electron chi connectivity index (χ2n) is 5.60. The molecule has 0 saturated heterocycles. The van der Waals surface area contributed by atoms with Crippen LogP contribution in [0.5, 0.6) is 0 Å². The van der Waals surface area contributed by atoms with Crippen molar-refractivity contribution < 1.29 is 30.8 Å². The lowest BCUT2D eigenvalue weighted by Crippen LogP contribution is -2.44. The van der Waals surface area contributed by atoms with E-state index in [2.05, 4.69) is 9.97 Å². The maximum absolute atomic E-state index is 14.3. The van der Waals surface area contributed by atoms with Gasteiger partial charge in [-0.25, -0.2) is 28.2 Å². The van der Waals surface area contributed by atoms with Gasteiger partial charge in [0.05, 0.1) is 30.9 Å². The summed E-state index contributed by atoms with van der Waals surface area (Å²) < 4.78 is 75.5. The average molecular weight is 421 g/mol. The van der Waals surface area contributed by atoms with Gasteiger partial charge in [0, 0.05) is 12.1 Å². The summed E-state index contributed by atoms with van der Waals surface area (Å²) in [4.78, 5) is 18.1. The van der Waals surface area contributed by atoms with E-state index in [0.29, 0.717) is 0 Å². The number of hydrogen-bond acceptors (Lipinski definition) is 6. The highest BCUT2D eigenvalue weighted by Crippen LogP contribution is 2.20. The molecule has 0 radical (unpaired) electrons. The molecule has 2 aromatic rings. The van der Waals surface area contributed by atoms with E-state index in [-0.39, 0.29) is 29.9 Å². The zero-order valence-corrected chi connectivity index (χ0v) is 15.2. The molecule has 0 saturated carbocycles. The van der Waals surface area contributed by atoms with Crippen molar-refractivity contribution in [3.8, 4) is 0 Å². The van der Waals surface area contributed by atoms with Gasteiger partial charge in [-0.15, -0.1) is 0 Å². The van der Waals surface area contributed by atoms with Crippen LogP contribution in [0, 0.1) is 5.82 Å². The number of alkyl halides is 3. The highest BCUT2D eigenvalue weighted by atomic mass is 32.2. The average Bonchev–Trinajstić information content (AvgIpc) is 2.59. The number of hydrazine groups is 1. The number of anilines is 1. The number of aromatic nitrogens is 2. The Balaban J connectivity index is 2.10. The topological polar surface area (TPSA) is 104 Å². The molecule has 0 unspecified atom stereocenters. The number of rotatable bonds is 7. The molecular formula is C15H15F4N5O3S. The van der Waals surface area contributed by atoms with Gasteiger partial charge in [0.25, 0.3) is 0 Å². The van der Waals surface area contributed by atoms with Gasteiger partial charge in [-0.3, -0.25) is 14.5 Å². The van der Waals surface area contributed by atoms with Crippen molar-refractivity contribution in [2.24, 2.45) is 0 Å². The van der Waals surface area contributed by atoms with Crippen LogP contribution in [0.25, 0.3) is 0 Å². The number of hydrogen-bond donors (Lipinski definition) is 2. The smallest absolute Gasteiger partial charge is 0.283 e. The van der Waals surface area contributed by atoms with Crippen molar-refractivity contribution in [1.82, 2.24) is 20.8 Å². The standard InChI is InChI=1S/C15H15F4N5O3S/c1-28(26,27)24(12-6-20-9-21-7-12)8-11-3-2-10(4-13(11)16)5-22-23-14(25)15(17,18)19/h2-4,6-7,9,22H,5,8H2,1H3,(H,23,25). The summed E-state index contributed by atoms with van der Waals surface area (Å²) in [5.74, 6) is -2.95. The Morgan fingerprint density at radius 1 is 1.21 bits per heavy atom. The first-order valence-corrected chi connectivity index (χ1v) is 9.43. The van der Waals surface area contributed by atoms with Gasteiger partial charge in [-0.05, 0) is 11.6 Å². The van der Waals surface area contributed by atoms with Gasteiger partial charge >= 0.3 is 12.1 Å². The summed E-state index contributed by atoms with van der Waals surface area (Å²) in [6.07, 6.45) is -0.372. The molecule has 0 aliphatic rings. The molecule has 2 rings (SSSR count). The Morgan fingerprint density at radius 2 is 1.86 bits per heavy atom. The number of carbonyl (C=O) groups is 1. The summed E-state index contributed by atoms with van der Waals surface area (Å²) >= 11 is 0. The van der Waals surface area contributed by atoms with Crippen molar-refractivity contribution in [1.29, 1.82) is 0 Å². The third-order valence-corrected chi connectivity index (χ3v) is 4.56. The molecule has 0 bridgehead atoms. The lowest BCUT2D eigenvalue weighted by molar-refractivity contribution is -0.174. The molecule has 1 heterocycles. The second-order valence-corrected chi connectivity index (χ2v) is 7.50. The van der Waals surface area contributed by atoms with Gasteiger partial charge in [0.2, 0.25) is 10.0 Å². The molecule has 1 aromatic heterocycles. The van der Waals surface area contributed by atoms with Crippen molar-refractivity contribution in [3.63, 3.8) is 0 Å². The molecule has 0 spiro atoms. The van der Waals surface area contributed by atoms with E-state index in [1.54, 1.807) is 0 Å². The third-order valence-electron chi connectivity index (χ3n) is 3.42. The normalized spacial score (nSPS) is 11.9. The Morgan fingerprint density at radius 3 is 2.39 bits per heavy atom. The second kappa shape index (κ2) is 8.48. The number of carbonyl (C=O) groups excluding carboxylic acids is 1. The number of benzene rings is 1. The van der Waals surface area contributed by atoms with Crippen molar-refractivity contribution >= 4 is 21.6 Å². The summed E-state index contributed by atoms with van der Waals surface area (Å²) in [5.41, 5.74) is 3.88. The molecule has 13 heteroatoms. The molecule has 8 nitrogen and oxygen atoms in total. The first kappa shape index (κ1) is 21.5. The molecule has 152 valence electrons. The van der Waals surface area contributed by atoms with Crippen molar-refractivity contribution in [2.75, 3.05) is 10.6 Å². The minimum Gasteiger partial charge on any atom is -0.283 e. The van der Waals surface area contributed by atoms with Gasteiger partial charge in [-0.2, -0.15) is 13.2 Å². The maximum atomic E-state index is 14.3. The molecule has 0 aliphatic heterocycles. The zero-order chi connectivity index (χ0) is 20.9. The number of nitrogens with zero attached hydrogens (tertiary/aromatic N) is 3. The SMILES string of the molecule is CS(=O)(=O)N(Cc1ccc(CNNC(=O)C(F)(F)F)cc1F)c1cncnc1. The van der Waals surface area contributed by atoms with Crippen LogP contribution < -0.4 is 15.2 Å². The zero-order valence-electron chi connectivity index (χ0n) is 14.4. The Kier molecular flexibility index (Phi) is 6.51. The lowest BCUT2D eigenvalue weighted by Gasteiger charge is -2.22.